The molecule has 0 radical (unpaired) electrons. The first-order valence-corrected chi connectivity index (χ1v) is 9.99. The van der Waals surface area contributed by atoms with Crippen LogP contribution in [0.2, 0.25) is 0 Å². The highest BCUT2D eigenvalue weighted by Crippen LogP contribution is 2.26. The van der Waals surface area contributed by atoms with Crippen molar-refractivity contribution in [1.82, 2.24) is 5.32 Å². The van der Waals surface area contributed by atoms with Crippen molar-refractivity contribution in [2.24, 2.45) is 0 Å². The van der Waals surface area contributed by atoms with Gasteiger partial charge in [0, 0.05) is 14.0 Å². The van der Waals surface area contributed by atoms with Crippen molar-refractivity contribution in [2.75, 3.05) is 13.7 Å². The second-order valence-electron chi connectivity index (χ2n) is 7.25. The Morgan fingerprint density at radius 2 is 1.60 bits per heavy atom. The molecule has 1 fully saturated rings. The van der Waals surface area contributed by atoms with E-state index in [-0.39, 0.29) is 12.5 Å². The second kappa shape index (κ2) is 11.2. The molecule has 0 aromatic heterocycles. The van der Waals surface area contributed by atoms with Crippen LogP contribution in [-0.4, -0.2) is 55.4 Å². The minimum Gasteiger partial charge on any atom is -0.376 e. The highest BCUT2D eigenvalue weighted by Gasteiger charge is 2.47. The van der Waals surface area contributed by atoms with E-state index in [2.05, 4.69) is 5.32 Å². The van der Waals surface area contributed by atoms with E-state index in [0.717, 1.165) is 11.1 Å². The van der Waals surface area contributed by atoms with E-state index in [0.29, 0.717) is 13.2 Å². The van der Waals surface area contributed by atoms with Gasteiger partial charge in [-0.2, -0.15) is 0 Å². The molecule has 2 aromatic rings. The van der Waals surface area contributed by atoms with E-state index >= 15 is 0 Å². The lowest BCUT2D eigenvalue weighted by Crippen LogP contribution is -2.65. The van der Waals surface area contributed by atoms with Crippen LogP contribution < -0.4 is 5.32 Å². The summed E-state index contributed by atoms with van der Waals surface area (Å²) in [6, 6.07) is 18.7. The van der Waals surface area contributed by atoms with Crippen LogP contribution in [0, 0.1) is 0 Å². The van der Waals surface area contributed by atoms with Gasteiger partial charge in [0.2, 0.25) is 5.91 Å². The Labute approximate surface area is 176 Å². The van der Waals surface area contributed by atoms with Crippen molar-refractivity contribution >= 4 is 5.91 Å². The fourth-order valence-corrected chi connectivity index (χ4v) is 3.56. The van der Waals surface area contributed by atoms with Gasteiger partial charge in [-0.3, -0.25) is 4.79 Å². The van der Waals surface area contributed by atoms with Crippen molar-refractivity contribution < 1.29 is 28.8 Å². The second-order valence-corrected chi connectivity index (χ2v) is 7.25. The molecule has 1 aliphatic heterocycles. The maximum atomic E-state index is 11.7. The standard InChI is InChI=1S/C23H29NO6/c1-16(25)24-20-22(29-14-18-11-7-4-8-12-18)21(27-2)19(30-23(20)26)15-28-13-17-9-5-3-6-10-17/h3-12,19-23,26H,13-15H2,1-2H3,(H,24,25)/t19-,20+,21-,22-,23+/m1/s1. The molecule has 0 saturated carbocycles. The summed E-state index contributed by atoms with van der Waals surface area (Å²) in [4.78, 5) is 11.7. The number of aliphatic hydroxyl groups excluding tert-OH is 1. The first-order chi connectivity index (χ1) is 14.6. The molecule has 30 heavy (non-hydrogen) atoms. The van der Waals surface area contributed by atoms with Crippen molar-refractivity contribution in [3.05, 3.63) is 71.8 Å². The number of methoxy groups -OCH3 is 1. The van der Waals surface area contributed by atoms with Crippen LogP contribution in [0.4, 0.5) is 0 Å². The van der Waals surface area contributed by atoms with Gasteiger partial charge >= 0.3 is 0 Å². The molecule has 1 aliphatic rings. The van der Waals surface area contributed by atoms with Crippen LogP contribution in [0.1, 0.15) is 18.1 Å². The molecule has 1 heterocycles. The third-order valence-corrected chi connectivity index (χ3v) is 4.99. The summed E-state index contributed by atoms with van der Waals surface area (Å²) in [5.74, 6) is -0.287. The summed E-state index contributed by atoms with van der Waals surface area (Å²) in [5, 5.41) is 13.3. The van der Waals surface area contributed by atoms with Gasteiger partial charge in [0.05, 0.1) is 19.8 Å². The summed E-state index contributed by atoms with van der Waals surface area (Å²) < 4.78 is 23.3. The topological polar surface area (TPSA) is 86.3 Å². The lowest BCUT2D eigenvalue weighted by Gasteiger charge is -2.44. The number of ether oxygens (including phenoxy) is 4. The number of nitrogens with one attached hydrogen (secondary N) is 1. The highest BCUT2D eigenvalue weighted by atomic mass is 16.7. The van der Waals surface area contributed by atoms with Crippen molar-refractivity contribution in [3.63, 3.8) is 0 Å². The number of aliphatic hydroxyl groups is 1. The largest absolute Gasteiger partial charge is 0.376 e. The monoisotopic (exact) mass is 415 g/mol. The summed E-state index contributed by atoms with van der Waals surface area (Å²) in [6.45, 7) is 2.32. The van der Waals surface area contributed by atoms with Crippen molar-refractivity contribution in [2.45, 2.75) is 50.8 Å². The molecular weight excluding hydrogens is 386 g/mol. The Bertz CT molecular complexity index is 772. The molecule has 0 bridgehead atoms. The average Bonchev–Trinajstić information content (AvgIpc) is 2.75. The number of hydrogen-bond donors (Lipinski definition) is 2. The molecule has 1 amide bonds. The summed E-state index contributed by atoms with van der Waals surface area (Å²) in [7, 11) is 1.56. The Balaban J connectivity index is 1.68. The highest BCUT2D eigenvalue weighted by molar-refractivity contribution is 5.73. The molecular formula is C23H29NO6. The number of benzene rings is 2. The molecule has 2 N–H and O–H groups in total. The number of rotatable bonds is 9. The number of carbonyl (C=O) groups excluding carboxylic acids is 1. The van der Waals surface area contributed by atoms with E-state index in [4.69, 9.17) is 18.9 Å². The van der Waals surface area contributed by atoms with Crippen LogP contribution in [0.25, 0.3) is 0 Å². The van der Waals surface area contributed by atoms with Gasteiger partial charge in [-0.25, -0.2) is 0 Å². The lowest BCUT2D eigenvalue weighted by atomic mass is 9.96. The zero-order chi connectivity index (χ0) is 21.3. The summed E-state index contributed by atoms with van der Waals surface area (Å²) >= 11 is 0. The van der Waals surface area contributed by atoms with Gasteiger partial charge < -0.3 is 29.4 Å². The molecule has 5 atom stereocenters. The Morgan fingerprint density at radius 3 is 2.17 bits per heavy atom. The van der Waals surface area contributed by atoms with E-state index in [1.165, 1.54) is 6.92 Å². The molecule has 1 saturated heterocycles. The number of amides is 1. The quantitative estimate of drug-likeness (QED) is 0.652. The van der Waals surface area contributed by atoms with Gasteiger partial charge in [0.15, 0.2) is 6.29 Å². The molecule has 0 aliphatic carbocycles. The Kier molecular flexibility index (Phi) is 8.36. The number of hydrogen-bond acceptors (Lipinski definition) is 6. The third-order valence-electron chi connectivity index (χ3n) is 4.99. The smallest absolute Gasteiger partial charge is 0.217 e. The summed E-state index contributed by atoms with van der Waals surface area (Å²) in [5.41, 5.74) is 2.02. The molecule has 0 unspecified atom stereocenters. The zero-order valence-corrected chi connectivity index (χ0v) is 17.3. The fourth-order valence-electron chi connectivity index (χ4n) is 3.56. The average molecular weight is 415 g/mol. The van der Waals surface area contributed by atoms with E-state index in [1.807, 2.05) is 60.7 Å². The van der Waals surface area contributed by atoms with Gasteiger partial charge in [-0.05, 0) is 11.1 Å². The van der Waals surface area contributed by atoms with Crippen LogP contribution in [0.3, 0.4) is 0 Å². The number of carbonyl (C=O) groups is 1. The van der Waals surface area contributed by atoms with E-state index < -0.39 is 30.6 Å². The molecule has 0 spiro atoms. The van der Waals surface area contributed by atoms with Gasteiger partial charge in [-0.15, -0.1) is 0 Å². The minimum absolute atomic E-state index is 0.211. The molecule has 3 rings (SSSR count). The SMILES string of the molecule is CO[C@H]1[C@H](OCc2ccccc2)[C@H](NC(C)=O)[C@@H](O)O[C@@H]1COCc1ccccc1. The zero-order valence-electron chi connectivity index (χ0n) is 17.3. The maximum Gasteiger partial charge on any atom is 0.217 e. The molecule has 2 aromatic carbocycles. The molecule has 7 nitrogen and oxygen atoms in total. The minimum atomic E-state index is -1.24. The van der Waals surface area contributed by atoms with Crippen molar-refractivity contribution in [1.29, 1.82) is 0 Å². The van der Waals surface area contributed by atoms with Crippen LogP contribution in [-0.2, 0) is 37.0 Å². The van der Waals surface area contributed by atoms with Crippen LogP contribution >= 0.6 is 0 Å². The van der Waals surface area contributed by atoms with Gasteiger partial charge in [0.1, 0.15) is 24.4 Å². The fraction of sp³-hybridized carbons (Fsp3) is 0.435. The van der Waals surface area contributed by atoms with Crippen LogP contribution in [0.15, 0.2) is 60.7 Å². The van der Waals surface area contributed by atoms with Crippen molar-refractivity contribution in [3.8, 4) is 0 Å². The summed E-state index contributed by atoms with van der Waals surface area (Å²) in [6.07, 6.45) is -2.95. The third kappa shape index (κ3) is 6.10. The first-order valence-electron chi connectivity index (χ1n) is 9.99. The van der Waals surface area contributed by atoms with E-state index in [9.17, 15) is 9.90 Å². The Morgan fingerprint density at radius 1 is 1.00 bits per heavy atom. The first kappa shape index (κ1) is 22.4. The Hall–Kier alpha value is -2.29. The molecule has 7 heteroatoms. The van der Waals surface area contributed by atoms with Gasteiger partial charge in [-0.1, -0.05) is 60.7 Å². The normalized spacial score (nSPS) is 26.3. The maximum absolute atomic E-state index is 11.7. The molecule has 162 valence electrons. The predicted octanol–water partition coefficient (Wildman–Crippen LogP) is 2.03. The lowest BCUT2D eigenvalue weighted by molar-refractivity contribution is -0.271. The van der Waals surface area contributed by atoms with Gasteiger partial charge in [0.25, 0.3) is 0 Å². The van der Waals surface area contributed by atoms with E-state index in [1.54, 1.807) is 7.11 Å². The predicted molar refractivity (Wildman–Crippen MR) is 110 cm³/mol. The van der Waals surface area contributed by atoms with Crippen LogP contribution in [0.5, 0.6) is 0 Å².